The lowest BCUT2D eigenvalue weighted by atomic mass is 10.1. The zero-order valence-corrected chi connectivity index (χ0v) is 20.9. The minimum Gasteiger partial charge on any atom is -0.333 e. The number of carbonyl (C=O) groups excluding carboxylic acids is 1. The maximum absolute atomic E-state index is 13.3. The second kappa shape index (κ2) is 9.25. The van der Waals surface area contributed by atoms with Gasteiger partial charge >= 0.3 is 6.03 Å². The molecule has 8 heteroatoms. The van der Waals surface area contributed by atoms with Gasteiger partial charge in [-0.15, -0.1) is 0 Å². The van der Waals surface area contributed by atoms with E-state index in [0.29, 0.717) is 13.1 Å². The lowest BCUT2D eigenvalue weighted by Crippen LogP contribution is -2.49. The number of urea groups is 1. The predicted molar refractivity (Wildman–Crippen MR) is 126 cm³/mol. The topological polar surface area (TPSA) is 84.3 Å². The molecule has 0 saturated heterocycles. The van der Waals surface area contributed by atoms with Gasteiger partial charge in [0.15, 0.2) is 0 Å². The molecule has 32 heavy (non-hydrogen) atoms. The van der Waals surface area contributed by atoms with Crippen molar-refractivity contribution in [2.45, 2.75) is 90.0 Å². The van der Waals surface area contributed by atoms with Gasteiger partial charge in [0.05, 0.1) is 24.2 Å². The van der Waals surface area contributed by atoms with Gasteiger partial charge in [-0.1, -0.05) is 38.1 Å². The number of hydrogen-bond donors (Lipinski definition) is 1. The highest BCUT2D eigenvalue weighted by molar-refractivity contribution is 7.90. The van der Waals surface area contributed by atoms with E-state index in [9.17, 15) is 13.2 Å². The number of rotatable bonds is 8. The Labute approximate surface area is 192 Å². The van der Waals surface area contributed by atoms with Gasteiger partial charge < -0.3 is 14.8 Å². The summed E-state index contributed by atoms with van der Waals surface area (Å²) in [5, 5.41) is 3.12. The van der Waals surface area contributed by atoms with E-state index in [4.69, 9.17) is 0 Å². The Morgan fingerprint density at radius 1 is 1.25 bits per heavy atom. The number of imidazole rings is 1. The number of aromatic nitrogens is 2. The van der Waals surface area contributed by atoms with Crippen LogP contribution in [0.2, 0.25) is 0 Å². The van der Waals surface area contributed by atoms with Crippen molar-refractivity contribution in [1.82, 2.24) is 19.8 Å². The van der Waals surface area contributed by atoms with Crippen LogP contribution in [0.1, 0.15) is 64.3 Å². The lowest BCUT2D eigenvalue weighted by Gasteiger charge is -2.29. The standard InChI is InChI=1S/C24H36N4O3S/c1-17(2)14-28-21(15-27(20-11-12-20)22(29)26-24(4,5)6)13-25-23(28)32(30,31)16-19-10-8-7-9-18(19)3/h7-10,13,17,20H,11-12,14-16H2,1-6H3,(H,26,29). The fraction of sp³-hybridized carbons (Fsp3) is 0.583. The summed E-state index contributed by atoms with van der Waals surface area (Å²) in [5.41, 5.74) is 2.12. The Bertz CT molecular complexity index is 1060. The molecule has 2 amide bonds. The van der Waals surface area contributed by atoms with Crippen LogP contribution in [0, 0.1) is 12.8 Å². The molecule has 1 fully saturated rings. The summed E-state index contributed by atoms with van der Waals surface area (Å²) in [5.74, 6) is 0.138. The van der Waals surface area contributed by atoms with Crippen LogP contribution in [0.5, 0.6) is 0 Å². The molecule has 0 spiro atoms. The van der Waals surface area contributed by atoms with E-state index < -0.39 is 9.84 Å². The molecule has 1 saturated carbocycles. The predicted octanol–water partition coefficient (Wildman–Crippen LogP) is 4.29. The van der Waals surface area contributed by atoms with Crippen LogP contribution in [-0.2, 0) is 28.7 Å². The van der Waals surface area contributed by atoms with Gasteiger partial charge in [0.2, 0.25) is 15.0 Å². The van der Waals surface area contributed by atoms with Crippen molar-refractivity contribution >= 4 is 15.9 Å². The van der Waals surface area contributed by atoms with E-state index in [1.807, 2.05) is 70.7 Å². The van der Waals surface area contributed by atoms with E-state index in [1.165, 1.54) is 0 Å². The molecule has 3 rings (SSSR count). The molecule has 0 bridgehead atoms. The molecule has 0 unspecified atom stereocenters. The second-order valence-electron chi connectivity index (χ2n) is 10.3. The first-order valence-corrected chi connectivity index (χ1v) is 12.9. The van der Waals surface area contributed by atoms with Crippen molar-refractivity contribution in [2.75, 3.05) is 0 Å². The zero-order valence-electron chi connectivity index (χ0n) is 20.1. The van der Waals surface area contributed by atoms with Crippen LogP contribution in [0.15, 0.2) is 35.6 Å². The molecular weight excluding hydrogens is 424 g/mol. The van der Waals surface area contributed by atoms with Crippen LogP contribution in [0.25, 0.3) is 0 Å². The van der Waals surface area contributed by atoms with E-state index in [-0.39, 0.29) is 34.4 Å². The summed E-state index contributed by atoms with van der Waals surface area (Å²) in [6.45, 7) is 12.7. The Morgan fingerprint density at radius 2 is 1.91 bits per heavy atom. The van der Waals surface area contributed by atoms with Crippen molar-refractivity contribution < 1.29 is 13.2 Å². The number of sulfone groups is 1. The first kappa shape index (κ1) is 24.3. The number of nitrogens with zero attached hydrogens (tertiary/aromatic N) is 3. The smallest absolute Gasteiger partial charge is 0.318 e. The molecule has 1 N–H and O–H groups in total. The quantitative estimate of drug-likeness (QED) is 0.637. The van der Waals surface area contributed by atoms with Crippen molar-refractivity contribution in [2.24, 2.45) is 5.92 Å². The van der Waals surface area contributed by atoms with Crippen molar-refractivity contribution in [3.8, 4) is 0 Å². The molecule has 1 aromatic carbocycles. The summed E-state index contributed by atoms with van der Waals surface area (Å²) in [4.78, 5) is 19.1. The molecular formula is C24H36N4O3S. The maximum Gasteiger partial charge on any atom is 0.318 e. The van der Waals surface area contributed by atoms with Crippen LogP contribution in [0.3, 0.4) is 0 Å². The third kappa shape index (κ3) is 6.12. The van der Waals surface area contributed by atoms with Crippen LogP contribution < -0.4 is 5.32 Å². The average Bonchev–Trinajstić information content (AvgIpc) is 3.41. The molecule has 0 aliphatic heterocycles. The van der Waals surface area contributed by atoms with Crippen molar-refractivity contribution in [1.29, 1.82) is 0 Å². The summed E-state index contributed by atoms with van der Waals surface area (Å²) in [6.07, 6.45) is 3.55. The van der Waals surface area contributed by atoms with E-state index in [0.717, 1.165) is 29.7 Å². The van der Waals surface area contributed by atoms with Gasteiger partial charge in [0, 0.05) is 18.1 Å². The molecule has 0 atom stereocenters. The lowest BCUT2D eigenvalue weighted by molar-refractivity contribution is 0.181. The summed E-state index contributed by atoms with van der Waals surface area (Å²) in [7, 11) is -3.65. The largest absolute Gasteiger partial charge is 0.333 e. The van der Waals surface area contributed by atoms with Crippen LogP contribution in [-0.4, -0.2) is 40.5 Å². The molecule has 1 aliphatic rings. The minimum absolute atomic E-state index is 0.0800. The Balaban J connectivity index is 1.92. The monoisotopic (exact) mass is 460 g/mol. The number of hydrogen-bond acceptors (Lipinski definition) is 4. The van der Waals surface area contributed by atoms with Crippen LogP contribution in [0.4, 0.5) is 4.79 Å². The highest BCUT2D eigenvalue weighted by atomic mass is 32.2. The number of benzene rings is 1. The molecule has 1 aromatic heterocycles. The van der Waals surface area contributed by atoms with Gasteiger partial charge in [0.1, 0.15) is 0 Å². The molecule has 1 aliphatic carbocycles. The van der Waals surface area contributed by atoms with Gasteiger partial charge in [-0.05, 0) is 57.6 Å². The Kier molecular flexibility index (Phi) is 7.03. The number of amides is 2. The van der Waals surface area contributed by atoms with E-state index >= 15 is 0 Å². The number of nitrogens with one attached hydrogen (secondary N) is 1. The molecule has 1 heterocycles. The SMILES string of the molecule is Cc1ccccc1CS(=O)(=O)c1ncc(CN(C(=O)NC(C)(C)C)C2CC2)n1CC(C)C. The molecule has 0 radical (unpaired) electrons. The normalized spacial score (nSPS) is 14.6. The molecule has 7 nitrogen and oxygen atoms in total. The second-order valence-corrected chi connectivity index (χ2v) is 12.1. The fourth-order valence-corrected chi connectivity index (χ4v) is 5.29. The van der Waals surface area contributed by atoms with E-state index in [2.05, 4.69) is 10.3 Å². The Morgan fingerprint density at radius 3 is 2.47 bits per heavy atom. The van der Waals surface area contributed by atoms with Crippen molar-refractivity contribution in [3.63, 3.8) is 0 Å². The maximum atomic E-state index is 13.3. The highest BCUT2D eigenvalue weighted by Crippen LogP contribution is 2.30. The summed E-state index contributed by atoms with van der Waals surface area (Å²) in [6, 6.07) is 7.57. The third-order valence-corrected chi connectivity index (χ3v) is 6.97. The van der Waals surface area contributed by atoms with Gasteiger partial charge in [0.25, 0.3) is 0 Å². The fourth-order valence-electron chi connectivity index (χ4n) is 3.69. The van der Waals surface area contributed by atoms with E-state index in [1.54, 1.807) is 10.8 Å². The zero-order chi connectivity index (χ0) is 23.7. The summed E-state index contributed by atoms with van der Waals surface area (Å²) < 4.78 is 28.5. The van der Waals surface area contributed by atoms with Crippen molar-refractivity contribution in [3.05, 3.63) is 47.3 Å². The van der Waals surface area contributed by atoms with Gasteiger partial charge in [-0.2, -0.15) is 0 Å². The Hall–Kier alpha value is -2.35. The minimum atomic E-state index is -3.65. The molecule has 2 aromatic rings. The summed E-state index contributed by atoms with van der Waals surface area (Å²) >= 11 is 0. The van der Waals surface area contributed by atoms with Gasteiger partial charge in [-0.25, -0.2) is 18.2 Å². The molecule has 176 valence electrons. The third-order valence-electron chi connectivity index (χ3n) is 5.40. The number of carbonyl (C=O) groups is 1. The highest BCUT2D eigenvalue weighted by Gasteiger charge is 2.35. The first-order valence-electron chi connectivity index (χ1n) is 11.3. The average molecular weight is 461 g/mol. The van der Waals surface area contributed by atoms with Gasteiger partial charge in [-0.3, -0.25) is 0 Å². The first-order chi connectivity index (χ1) is 14.9. The van der Waals surface area contributed by atoms with Crippen LogP contribution >= 0.6 is 0 Å². The number of aryl methyl sites for hydroxylation is 1.